The number of benzene rings is 2. The van der Waals surface area contributed by atoms with Crippen LogP contribution >= 0.6 is 0 Å². The lowest BCUT2D eigenvalue weighted by atomic mass is 10.0. The van der Waals surface area contributed by atoms with Gasteiger partial charge >= 0.3 is 12.1 Å². The average Bonchev–Trinajstić information content (AvgIpc) is 3.11. The van der Waals surface area contributed by atoms with Crippen molar-refractivity contribution in [2.45, 2.75) is 109 Å². The summed E-state index contributed by atoms with van der Waals surface area (Å²) < 4.78 is 36.9. The van der Waals surface area contributed by atoms with Gasteiger partial charge in [0.25, 0.3) is 0 Å². The molecule has 2 aromatic carbocycles. The molecule has 46 heavy (non-hydrogen) atoms. The van der Waals surface area contributed by atoms with Crippen molar-refractivity contribution in [3.8, 4) is 0 Å². The zero-order chi connectivity index (χ0) is 32.9. The molecule has 0 spiro atoms. The molecule has 0 N–H and O–H groups in total. The van der Waals surface area contributed by atoms with Gasteiger partial charge in [0.1, 0.15) is 18.3 Å². The van der Waals surface area contributed by atoms with Crippen LogP contribution in [0.1, 0.15) is 58.1 Å². The van der Waals surface area contributed by atoms with Crippen molar-refractivity contribution >= 4 is 12.1 Å². The molecular formula is C37H49NO8. The maximum Gasteiger partial charge on any atom is 0.410 e. The van der Waals surface area contributed by atoms with E-state index in [1.165, 1.54) is 7.11 Å². The van der Waals surface area contributed by atoms with Crippen molar-refractivity contribution in [1.82, 2.24) is 4.90 Å². The van der Waals surface area contributed by atoms with Gasteiger partial charge in [0.2, 0.25) is 0 Å². The van der Waals surface area contributed by atoms with Crippen LogP contribution in [-0.4, -0.2) is 79.4 Å². The number of carbonyl (C=O) groups excluding carboxylic acids is 2. The van der Waals surface area contributed by atoms with E-state index in [9.17, 15) is 9.59 Å². The van der Waals surface area contributed by atoms with Gasteiger partial charge in [-0.25, -0.2) is 9.59 Å². The third-order valence-electron chi connectivity index (χ3n) is 8.08. The van der Waals surface area contributed by atoms with Crippen LogP contribution in [-0.2, 0) is 46.4 Å². The number of hydrogen-bond acceptors (Lipinski definition) is 8. The van der Waals surface area contributed by atoms with E-state index >= 15 is 0 Å². The number of rotatable bonds is 11. The fourth-order valence-corrected chi connectivity index (χ4v) is 5.78. The summed E-state index contributed by atoms with van der Waals surface area (Å²) in [5.41, 5.74) is 2.13. The van der Waals surface area contributed by atoms with Gasteiger partial charge in [-0.1, -0.05) is 85.0 Å². The minimum absolute atomic E-state index is 0.0821. The Labute approximate surface area is 273 Å². The number of hydrogen-bond donors (Lipinski definition) is 0. The first-order valence-corrected chi connectivity index (χ1v) is 16.2. The summed E-state index contributed by atoms with van der Waals surface area (Å²) in [5, 5.41) is 0. The van der Waals surface area contributed by atoms with E-state index in [-0.39, 0.29) is 24.6 Å². The smallest absolute Gasteiger partial charge is 0.410 e. The predicted octanol–water partition coefficient (Wildman–Crippen LogP) is 6.40. The number of esters is 1. The van der Waals surface area contributed by atoms with Crippen LogP contribution in [0.25, 0.3) is 0 Å². The number of nitrogens with zero attached hydrogens (tertiary/aromatic N) is 1. The Balaban J connectivity index is 1.55. The second-order valence-electron chi connectivity index (χ2n) is 12.2. The number of methoxy groups -OCH3 is 1. The number of fused-ring (bicyclic) bond motifs is 1. The molecule has 6 atom stereocenters. The zero-order valence-corrected chi connectivity index (χ0v) is 27.7. The molecule has 0 bridgehead atoms. The molecule has 4 rings (SSSR count). The minimum Gasteiger partial charge on any atom is -0.467 e. The van der Waals surface area contributed by atoms with Gasteiger partial charge in [0.05, 0.1) is 39.1 Å². The summed E-state index contributed by atoms with van der Waals surface area (Å²) in [5.74, 6) is -0.616. The molecule has 1 amide bonds. The SMILES string of the molecule is COC(=O)[C@@H]1O[C@H]2/C=C\C[C@@H](OCc3ccccc3)[C@H](COCc3ccccc3)O[C@@H]2C/C=C\C[C@@H]1OC(=O)N(C(C)C)C(C)C. The second-order valence-corrected chi connectivity index (χ2v) is 12.2. The normalized spacial score (nSPS) is 26.4. The lowest BCUT2D eigenvalue weighted by Gasteiger charge is -2.37. The van der Waals surface area contributed by atoms with E-state index in [0.717, 1.165) is 11.1 Å². The third-order valence-corrected chi connectivity index (χ3v) is 8.08. The van der Waals surface area contributed by atoms with Gasteiger partial charge in [0, 0.05) is 18.5 Å². The Hall–Kier alpha value is -3.50. The van der Waals surface area contributed by atoms with Crippen LogP contribution in [0.15, 0.2) is 85.0 Å². The lowest BCUT2D eigenvalue weighted by molar-refractivity contribution is -0.187. The van der Waals surface area contributed by atoms with Crippen molar-refractivity contribution in [3.05, 3.63) is 96.1 Å². The van der Waals surface area contributed by atoms with Crippen molar-refractivity contribution in [2.75, 3.05) is 13.7 Å². The Kier molecular flexibility index (Phi) is 13.8. The Morgan fingerprint density at radius 2 is 1.41 bits per heavy atom. The van der Waals surface area contributed by atoms with Crippen LogP contribution < -0.4 is 0 Å². The number of ether oxygens (including phenoxy) is 6. The van der Waals surface area contributed by atoms with Crippen LogP contribution in [0.2, 0.25) is 0 Å². The van der Waals surface area contributed by atoms with E-state index in [0.29, 0.717) is 32.7 Å². The van der Waals surface area contributed by atoms with Gasteiger partial charge in [-0.15, -0.1) is 0 Å². The highest BCUT2D eigenvalue weighted by Crippen LogP contribution is 2.27. The monoisotopic (exact) mass is 635 g/mol. The van der Waals surface area contributed by atoms with E-state index in [1.54, 1.807) is 4.90 Å². The van der Waals surface area contributed by atoms with Crippen LogP contribution in [0, 0.1) is 0 Å². The van der Waals surface area contributed by atoms with Gasteiger partial charge in [-0.05, 0) is 51.7 Å². The highest BCUT2D eigenvalue weighted by atomic mass is 16.6. The van der Waals surface area contributed by atoms with E-state index < -0.39 is 42.6 Å². The number of amides is 1. The van der Waals surface area contributed by atoms with Crippen molar-refractivity contribution in [2.24, 2.45) is 0 Å². The molecule has 0 saturated heterocycles. The number of carbonyl (C=O) groups is 2. The highest BCUT2D eigenvalue weighted by Gasteiger charge is 2.40. The molecule has 0 aliphatic carbocycles. The largest absolute Gasteiger partial charge is 0.467 e. The predicted molar refractivity (Wildman–Crippen MR) is 175 cm³/mol. The summed E-state index contributed by atoms with van der Waals surface area (Å²) in [6.07, 6.45) is 4.82. The van der Waals surface area contributed by atoms with Crippen LogP contribution in [0.5, 0.6) is 0 Å². The summed E-state index contributed by atoms with van der Waals surface area (Å²) >= 11 is 0. The molecule has 0 radical (unpaired) electrons. The molecule has 0 unspecified atom stereocenters. The highest BCUT2D eigenvalue weighted by molar-refractivity contribution is 5.76. The van der Waals surface area contributed by atoms with Crippen molar-refractivity contribution in [1.29, 1.82) is 0 Å². The maximum absolute atomic E-state index is 13.3. The minimum atomic E-state index is -1.16. The molecule has 9 nitrogen and oxygen atoms in total. The molecule has 0 saturated carbocycles. The second kappa shape index (κ2) is 18.0. The molecular weight excluding hydrogens is 586 g/mol. The van der Waals surface area contributed by atoms with Gasteiger partial charge < -0.3 is 33.3 Å². The molecule has 2 aromatic rings. The topological polar surface area (TPSA) is 92.8 Å². The molecule has 9 heteroatoms. The molecule has 250 valence electrons. The summed E-state index contributed by atoms with van der Waals surface area (Å²) in [4.78, 5) is 28.0. The van der Waals surface area contributed by atoms with Gasteiger partial charge in [-0.3, -0.25) is 0 Å². The molecule has 2 aliphatic rings. The fraction of sp³-hybridized carbons (Fsp3) is 0.514. The molecule has 0 aromatic heterocycles. The Bertz CT molecular complexity index is 1260. The van der Waals surface area contributed by atoms with Gasteiger partial charge in [0.15, 0.2) is 6.10 Å². The first kappa shape index (κ1) is 35.4. The van der Waals surface area contributed by atoms with E-state index in [4.69, 9.17) is 28.4 Å². The maximum atomic E-state index is 13.3. The summed E-state index contributed by atoms with van der Waals surface area (Å²) in [6, 6.07) is 19.9. The molecule has 2 heterocycles. The standard InChI is InChI=1S/C37H49NO8/c1-26(2)38(27(3)4)37(40)46-33-20-13-12-19-31-32(45-35(33)36(39)41-5)22-14-21-30(43-24-29-17-10-7-11-18-29)34(44-31)25-42-23-28-15-8-6-9-16-28/h6-18,22,26-27,30-35H,19-21,23-25H2,1-5H3/b13-12-,22-14-/t30-,31-,32+,33+,34+,35-/m1/s1. The third kappa shape index (κ3) is 10.3. The fourth-order valence-electron chi connectivity index (χ4n) is 5.78. The first-order valence-electron chi connectivity index (χ1n) is 16.2. The zero-order valence-electron chi connectivity index (χ0n) is 27.7. The van der Waals surface area contributed by atoms with Gasteiger partial charge in [-0.2, -0.15) is 0 Å². The first-order chi connectivity index (χ1) is 22.3. The summed E-state index contributed by atoms with van der Waals surface area (Å²) in [7, 11) is 1.30. The summed E-state index contributed by atoms with van der Waals surface area (Å²) in [6.45, 7) is 8.88. The van der Waals surface area contributed by atoms with E-state index in [2.05, 4.69) is 0 Å². The van der Waals surface area contributed by atoms with E-state index in [1.807, 2.05) is 113 Å². The van der Waals surface area contributed by atoms with Crippen LogP contribution in [0.3, 0.4) is 0 Å². The van der Waals surface area contributed by atoms with Crippen molar-refractivity contribution < 1.29 is 38.0 Å². The average molecular weight is 636 g/mol. The Morgan fingerprint density at radius 3 is 2.04 bits per heavy atom. The Morgan fingerprint density at radius 1 is 0.804 bits per heavy atom. The van der Waals surface area contributed by atoms with Crippen molar-refractivity contribution in [3.63, 3.8) is 0 Å². The van der Waals surface area contributed by atoms with Crippen LogP contribution in [0.4, 0.5) is 4.79 Å². The molecule has 2 aliphatic heterocycles. The quantitative estimate of drug-likeness (QED) is 0.207. The lowest BCUT2D eigenvalue weighted by Crippen LogP contribution is -2.49. The molecule has 0 fully saturated rings.